The lowest BCUT2D eigenvalue weighted by Gasteiger charge is -2.36. The summed E-state index contributed by atoms with van der Waals surface area (Å²) in [5, 5.41) is 9.26. The summed E-state index contributed by atoms with van der Waals surface area (Å²) < 4.78 is 5.19. The molecule has 0 saturated carbocycles. The van der Waals surface area contributed by atoms with E-state index in [1.165, 1.54) is 0 Å². The fourth-order valence-electron chi connectivity index (χ4n) is 2.52. The first-order chi connectivity index (χ1) is 11.7. The SMILES string of the molecule is CN=C(NCCNC(=O)OC(C)(C)C)NCC(C)N1CCN(C)CC1.I. The third-order valence-electron chi connectivity index (χ3n) is 4.04. The van der Waals surface area contributed by atoms with Crippen molar-refractivity contribution in [3.8, 4) is 0 Å². The molecule has 1 fully saturated rings. The largest absolute Gasteiger partial charge is 0.444 e. The van der Waals surface area contributed by atoms with E-state index in [4.69, 9.17) is 4.74 Å². The molecule has 1 saturated heterocycles. The summed E-state index contributed by atoms with van der Waals surface area (Å²) in [6.07, 6.45) is -0.402. The van der Waals surface area contributed by atoms with E-state index in [0.717, 1.165) is 38.7 Å². The highest BCUT2D eigenvalue weighted by atomic mass is 127. The standard InChI is InChI=1S/C17H36N6O2.HI/c1-14(23-11-9-22(6)10-12-23)13-21-15(18-5)19-7-8-20-16(24)25-17(2,3)4;/h14H,7-13H2,1-6H3,(H,20,24)(H2,18,19,21);1H. The normalized spacial score (nSPS) is 17.8. The zero-order valence-electron chi connectivity index (χ0n) is 17.1. The van der Waals surface area contributed by atoms with Crippen LogP contribution in [0, 0.1) is 0 Å². The second-order valence-electron chi connectivity index (χ2n) is 7.50. The fraction of sp³-hybridized carbons (Fsp3) is 0.882. The lowest BCUT2D eigenvalue weighted by molar-refractivity contribution is 0.0529. The average Bonchev–Trinajstić information content (AvgIpc) is 2.53. The number of likely N-dealkylation sites (N-methyl/N-ethyl adjacent to an activating group) is 1. The number of halogens is 1. The molecule has 0 aromatic rings. The van der Waals surface area contributed by atoms with Crippen molar-refractivity contribution in [2.75, 3.05) is 59.9 Å². The van der Waals surface area contributed by atoms with E-state index in [9.17, 15) is 4.79 Å². The van der Waals surface area contributed by atoms with Crippen molar-refractivity contribution in [1.82, 2.24) is 25.8 Å². The van der Waals surface area contributed by atoms with Crippen molar-refractivity contribution in [2.24, 2.45) is 4.99 Å². The molecule has 1 heterocycles. The highest BCUT2D eigenvalue weighted by molar-refractivity contribution is 14.0. The van der Waals surface area contributed by atoms with Crippen LogP contribution in [-0.4, -0.2) is 93.4 Å². The van der Waals surface area contributed by atoms with E-state index in [1.54, 1.807) is 7.05 Å². The predicted octanol–water partition coefficient (Wildman–Crippen LogP) is 0.930. The molecule has 3 N–H and O–H groups in total. The van der Waals surface area contributed by atoms with E-state index >= 15 is 0 Å². The maximum absolute atomic E-state index is 11.6. The number of piperazine rings is 1. The lowest BCUT2D eigenvalue weighted by Crippen LogP contribution is -2.52. The molecule has 1 unspecified atom stereocenters. The maximum atomic E-state index is 11.6. The van der Waals surface area contributed by atoms with Crippen molar-refractivity contribution in [1.29, 1.82) is 0 Å². The molecule has 1 aliphatic rings. The molecule has 26 heavy (non-hydrogen) atoms. The molecular formula is C17H37IN6O2. The van der Waals surface area contributed by atoms with Crippen molar-refractivity contribution in [3.05, 3.63) is 0 Å². The van der Waals surface area contributed by atoms with Gasteiger partial charge in [-0.2, -0.15) is 0 Å². The third kappa shape index (κ3) is 11.0. The number of aliphatic imine (C=N–C) groups is 1. The van der Waals surface area contributed by atoms with Crippen LogP contribution in [0.1, 0.15) is 27.7 Å². The zero-order chi connectivity index (χ0) is 18.9. The average molecular weight is 484 g/mol. The number of carbonyl (C=O) groups is 1. The molecule has 1 amide bonds. The topological polar surface area (TPSA) is 81.2 Å². The Bertz CT molecular complexity index is 433. The first-order valence-electron chi connectivity index (χ1n) is 9.05. The van der Waals surface area contributed by atoms with Crippen LogP contribution in [0.3, 0.4) is 0 Å². The van der Waals surface area contributed by atoms with Gasteiger partial charge in [0.15, 0.2) is 5.96 Å². The molecular weight excluding hydrogens is 447 g/mol. The Labute approximate surface area is 175 Å². The Morgan fingerprint density at radius 3 is 2.23 bits per heavy atom. The Kier molecular flexibility index (Phi) is 12.2. The van der Waals surface area contributed by atoms with Crippen LogP contribution >= 0.6 is 24.0 Å². The van der Waals surface area contributed by atoms with Crippen molar-refractivity contribution >= 4 is 36.0 Å². The number of alkyl carbamates (subject to hydrolysis) is 1. The van der Waals surface area contributed by atoms with Crippen molar-refractivity contribution in [2.45, 2.75) is 39.3 Å². The van der Waals surface area contributed by atoms with E-state index in [-0.39, 0.29) is 24.0 Å². The molecule has 1 rings (SSSR count). The van der Waals surface area contributed by atoms with E-state index in [1.807, 2.05) is 20.8 Å². The molecule has 0 spiro atoms. The van der Waals surface area contributed by atoms with Gasteiger partial charge in [-0.05, 0) is 34.7 Å². The second kappa shape index (κ2) is 12.6. The Morgan fingerprint density at radius 2 is 1.69 bits per heavy atom. The van der Waals surface area contributed by atoms with Gasteiger partial charge >= 0.3 is 6.09 Å². The molecule has 1 aliphatic heterocycles. The van der Waals surface area contributed by atoms with Gasteiger partial charge in [0.2, 0.25) is 0 Å². The minimum absolute atomic E-state index is 0. The zero-order valence-corrected chi connectivity index (χ0v) is 19.4. The monoisotopic (exact) mass is 484 g/mol. The number of nitrogens with one attached hydrogen (secondary N) is 3. The predicted molar refractivity (Wildman–Crippen MR) is 118 cm³/mol. The summed E-state index contributed by atoms with van der Waals surface area (Å²) >= 11 is 0. The lowest BCUT2D eigenvalue weighted by atomic mass is 10.2. The highest BCUT2D eigenvalue weighted by Crippen LogP contribution is 2.06. The van der Waals surface area contributed by atoms with Gasteiger partial charge in [-0.3, -0.25) is 9.89 Å². The van der Waals surface area contributed by atoms with Crippen LogP contribution in [-0.2, 0) is 4.74 Å². The highest BCUT2D eigenvalue weighted by Gasteiger charge is 2.19. The number of hydrogen-bond donors (Lipinski definition) is 3. The molecule has 154 valence electrons. The summed E-state index contributed by atoms with van der Waals surface area (Å²) in [7, 11) is 3.91. The summed E-state index contributed by atoms with van der Waals surface area (Å²) in [6, 6.07) is 0.451. The molecule has 8 nitrogen and oxygen atoms in total. The third-order valence-corrected chi connectivity index (χ3v) is 4.04. The number of hydrogen-bond acceptors (Lipinski definition) is 5. The van der Waals surface area contributed by atoms with Crippen LogP contribution in [0.2, 0.25) is 0 Å². The number of guanidine groups is 1. The van der Waals surface area contributed by atoms with Crippen LogP contribution in [0.15, 0.2) is 4.99 Å². The van der Waals surface area contributed by atoms with E-state index in [0.29, 0.717) is 19.1 Å². The quantitative estimate of drug-likeness (QED) is 0.225. The number of ether oxygens (including phenoxy) is 1. The number of amides is 1. The maximum Gasteiger partial charge on any atom is 0.407 e. The summed E-state index contributed by atoms with van der Waals surface area (Å²) in [6.45, 7) is 14.1. The first kappa shape index (κ1) is 25.2. The minimum atomic E-state index is -0.478. The minimum Gasteiger partial charge on any atom is -0.444 e. The van der Waals surface area contributed by atoms with E-state index in [2.05, 4.69) is 44.7 Å². The van der Waals surface area contributed by atoms with Crippen LogP contribution < -0.4 is 16.0 Å². The molecule has 0 aromatic carbocycles. The number of carbonyl (C=O) groups excluding carboxylic acids is 1. The fourth-order valence-corrected chi connectivity index (χ4v) is 2.52. The van der Waals surface area contributed by atoms with Gasteiger partial charge in [0.05, 0.1) is 0 Å². The molecule has 1 atom stereocenters. The van der Waals surface area contributed by atoms with Gasteiger partial charge in [0.25, 0.3) is 0 Å². The summed E-state index contributed by atoms with van der Waals surface area (Å²) in [5.41, 5.74) is -0.478. The van der Waals surface area contributed by atoms with Gasteiger partial charge in [-0.25, -0.2) is 4.79 Å². The summed E-state index contributed by atoms with van der Waals surface area (Å²) in [5.74, 6) is 0.743. The van der Waals surface area contributed by atoms with Crippen LogP contribution in [0.5, 0.6) is 0 Å². The van der Waals surface area contributed by atoms with Gasteiger partial charge < -0.3 is 25.6 Å². The molecule has 0 radical (unpaired) electrons. The van der Waals surface area contributed by atoms with E-state index < -0.39 is 11.7 Å². The van der Waals surface area contributed by atoms with Crippen molar-refractivity contribution in [3.63, 3.8) is 0 Å². The number of rotatable bonds is 6. The van der Waals surface area contributed by atoms with Crippen LogP contribution in [0.25, 0.3) is 0 Å². The first-order valence-corrected chi connectivity index (χ1v) is 9.05. The van der Waals surface area contributed by atoms with Gasteiger partial charge in [-0.1, -0.05) is 0 Å². The summed E-state index contributed by atoms with van der Waals surface area (Å²) in [4.78, 5) is 20.6. The van der Waals surface area contributed by atoms with Gasteiger partial charge in [-0.15, -0.1) is 24.0 Å². The smallest absolute Gasteiger partial charge is 0.407 e. The van der Waals surface area contributed by atoms with Crippen molar-refractivity contribution < 1.29 is 9.53 Å². The number of nitrogens with zero attached hydrogens (tertiary/aromatic N) is 3. The molecule has 0 aliphatic carbocycles. The molecule has 9 heteroatoms. The Balaban J connectivity index is 0.00000625. The van der Waals surface area contributed by atoms with Gasteiger partial charge in [0, 0.05) is 58.9 Å². The molecule has 0 bridgehead atoms. The van der Waals surface area contributed by atoms with Gasteiger partial charge in [0.1, 0.15) is 5.60 Å². The van der Waals surface area contributed by atoms with Crippen LogP contribution in [0.4, 0.5) is 4.79 Å². The Morgan fingerprint density at radius 1 is 1.12 bits per heavy atom. The Hall–Kier alpha value is -0.810. The second-order valence-corrected chi connectivity index (χ2v) is 7.50. The molecule has 0 aromatic heterocycles.